The molecule has 3 rings (SSSR count). The Bertz CT molecular complexity index is 1080. The first-order valence-electron chi connectivity index (χ1n) is 10.3. The molecule has 31 heavy (non-hydrogen) atoms. The smallest absolute Gasteiger partial charge is 0.338 e. The molecule has 3 aromatic rings. The minimum atomic E-state index is -0.562. The molecule has 2 aromatic carbocycles. The number of amides is 1. The van der Waals surface area contributed by atoms with Gasteiger partial charge in [-0.1, -0.05) is 43.6 Å². The maximum absolute atomic E-state index is 12.4. The van der Waals surface area contributed by atoms with Crippen molar-refractivity contribution in [3.05, 3.63) is 75.6 Å². The molecule has 0 aliphatic rings. The fourth-order valence-electron chi connectivity index (χ4n) is 3.41. The van der Waals surface area contributed by atoms with Crippen LogP contribution in [-0.2, 0) is 22.4 Å². The predicted octanol–water partition coefficient (Wildman–Crippen LogP) is 5.06. The van der Waals surface area contributed by atoms with Gasteiger partial charge < -0.3 is 10.1 Å². The number of esters is 1. The number of aryl methyl sites for hydroxylation is 3. The van der Waals surface area contributed by atoms with E-state index < -0.39 is 5.97 Å². The molecule has 0 spiro atoms. The number of anilines is 1. The highest BCUT2D eigenvalue weighted by atomic mass is 35.5. The van der Waals surface area contributed by atoms with E-state index >= 15 is 0 Å². The van der Waals surface area contributed by atoms with Crippen LogP contribution in [0.3, 0.4) is 0 Å². The fraction of sp³-hybridized carbons (Fsp3) is 0.292. The van der Waals surface area contributed by atoms with Crippen molar-refractivity contribution in [2.24, 2.45) is 0 Å². The first kappa shape index (κ1) is 22.6. The fourth-order valence-corrected chi connectivity index (χ4v) is 3.52. The van der Waals surface area contributed by atoms with Gasteiger partial charge in [0, 0.05) is 5.69 Å². The molecule has 0 aliphatic carbocycles. The van der Waals surface area contributed by atoms with Crippen LogP contribution in [0, 0.1) is 13.8 Å². The molecule has 0 fully saturated rings. The van der Waals surface area contributed by atoms with Crippen LogP contribution in [0.4, 0.5) is 5.69 Å². The van der Waals surface area contributed by atoms with Gasteiger partial charge in [0.25, 0.3) is 5.91 Å². The summed E-state index contributed by atoms with van der Waals surface area (Å²) in [6.45, 7) is 7.44. The predicted molar refractivity (Wildman–Crippen MR) is 122 cm³/mol. The SMILES string of the molecule is CCc1cccc(CC)c1NC(=O)COC(=O)c1ccc(-n2nc(C)c(Cl)c2C)cc1. The highest BCUT2D eigenvalue weighted by Crippen LogP contribution is 2.23. The van der Waals surface area contributed by atoms with Gasteiger partial charge in [-0.3, -0.25) is 4.79 Å². The Morgan fingerprint density at radius 3 is 2.16 bits per heavy atom. The summed E-state index contributed by atoms with van der Waals surface area (Å²) in [4.78, 5) is 24.8. The third kappa shape index (κ3) is 4.97. The number of aromatic nitrogens is 2. The largest absolute Gasteiger partial charge is 0.452 e. The van der Waals surface area contributed by atoms with Gasteiger partial charge in [-0.05, 0) is 62.1 Å². The van der Waals surface area contributed by atoms with Crippen molar-refractivity contribution in [2.45, 2.75) is 40.5 Å². The van der Waals surface area contributed by atoms with Gasteiger partial charge in [0.05, 0.1) is 27.7 Å². The summed E-state index contributed by atoms with van der Waals surface area (Å²) in [5.74, 6) is -0.926. The van der Waals surface area contributed by atoms with Crippen molar-refractivity contribution in [2.75, 3.05) is 11.9 Å². The van der Waals surface area contributed by atoms with Gasteiger partial charge in [0.2, 0.25) is 0 Å². The lowest BCUT2D eigenvalue weighted by Crippen LogP contribution is -2.22. The summed E-state index contributed by atoms with van der Waals surface area (Å²) >= 11 is 6.20. The van der Waals surface area contributed by atoms with Crippen molar-refractivity contribution in [1.29, 1.82) is 0 Å². The molecular weight excluding hydrogens is 414 g/mol. The van der Waals surface area contributed by atoms with E-state index in [0.717, 1.165) is 46.7 Å². The molecule has 7 heteroatoms. The van der Waals surface area contributed by atoms with E-state index in [-0.39, 0.29) is 12.5 Å². The lowest BCUT2D eigenvalue weighted by atomic mass is 10.0. The zero-order valence-electron chi connectivity index (χ0n) is 18.2. The molecule has 1 heterocycles. The Kier molecular flexibility index (Phi) is 7.13. The van der Waals surface area contributed by atoms with Crippen LogP contribution < -0.4 is 5.32 Å². The van der Waals surface area contributed by atoms with Crippen LogP contribution in [0.25, 0.3) is 5.69 Å². The van der Waals surface area contributed by atoms with Crippen LogP contribution in [-0.4, -0.2) is 28.3 Å². The molecular formula is C24H26ClN3O3. The van der Waals surface area contributed by atoms with Gasteiger partial charge in [-0.15, -0.1) is 0 Å². The molecule has 0 bridgehead atoms. The molecule has 0 unspecified atom stereocenters. The number of ether oxygens (including phenoxy) is 1. The van der Waals surface area contributed by atoms with E-state index in [2.05, 4.69) is 10.4 Å². The summed E-state index contributed by atoms with van der Waals surface area (Å²) in [5, 5.41) is 7.91. The number of para-hydroxylation sites is 1. The molecule has 0 atom stereocenters. The van der Waals surface area contributed by atoms with Crippen molar-refractivity contribution in [1.82, 2.24) is 9.78 Å². The van der Waals surface area contributed by atoms with Crippen LogP contribution in [0.15, 0.2) is 42.5 Å². The summed E-state index contributed by atoms with van der Waals surface area (Å²) in [6.07, 6.45) is 1.60. The molecule has 0 saturated carbocycles. The third-order valence-corrected chi connectivity index (χ3v) is 5.70. The minimum absolute atomic E-state index is 0.352. The third-order valence-electron chi connectivity index (χ3n) is 5.15. The second-order valence-electron chi connectivity index (χ2n) is 7.23. The summed E-state index contributed by atoms with van der Waals surface area (Å²) in [6, 6.07) is 12.8. The van der Waals surface area contributed by atoms with E-state index in [4.69, 9.17) is 16.3 Å². The van der Waals surface area contributed by atoms with E-state index in [0.29, 0.717) is 10.6 Å². The molecule has 162 valence electrons. The molecule has 1 amide bonds. The lowest BCUT2D eigenvalue weighted by molar-refractivity contribution is -0.119. The number of hydrogen-bond donors (Lipinski definition) is 1. The van der Waals surface area contributed by atoms with Crippen LogP contribution in [0.2, 0.25) is 5.02 Å². The first-order valence-corrected chi connectivity index (χ1v) is 10.6. The Morgan fingerprint density at radius 2 is 1.65 bits per heavy atom. The number of halogens is 1. The van der Waals surface area contributed by atoms with Crippen molar-refractivity contribution in [3.8, 4) is 5.69 Å². The highest BCUT2D eigenvalue weighted by molar-refractivity contribution is 6.31. The maximum atomic E-state index is 12.4. The van der Waals surface area contributed by atoms with Crippen molar-refractivity contribution in [3.63, 3.8) is 0 Å². The van der Waals surface area contributed by atoms with Crippen molar-refractivity contribution < 1.29 is 14.3 Å². The van der Waals surface area contributed by atoms with E-state index in [9.17, 15) is 9.59 Å². The first-order chi connectivity index (χ1) is 14.8. The standard InChI is InChI=1S/C24H26ClN3O3/c1-5-17-8-7-9-18(6-2)23(17)26-21(29)14-31-24(30)19-10-12-20(13-11-19)28-16(4)22(25)15(3)27-28/h7-13H,5-6,14H2,1-4H3,(H,26,29). The molecule has 0 radical (unpaired) electrons. The monoisotopic (exact) mass is 439 g/mol. The average Bonchev–Trinajstić information content (AvgIpc) is 3.04. The zero-order valence-corrected chi connectivity index (χ0v) is 18.9. The van der Waals surface area contributed by atoms with Gasteiger partial charge in [-0.25, -0.2) is 9.48 Å². The van der Waals surface area contributed by atoms with E-state index in [1.165, 1.54) is 0 Å². The summed E-state index contributed by atoms with van der Waals surface area (Å²) in [5.41, 5.74) is 5.62. The van der Waals surface area contributed by atoms with Gasteiger partial charge in [0.15, 0.2) is 6.61 Å². The zero-order chi connectivity index (χ0) is 22.5. The summed E-state index contributed by atoms with van der Waals surface area (Å²) < 4.78 is 6.93. The second kappa shape index (κ2) is 9.79. The highest BCUT2D eigenvalue weighted by Gasteiger charge is 2.15. The van der Waals surface area contributed by atoms with E-state index in [1.54, 1.807) is 28.9 Å². The van der Waals surface area contributed by atoms with Crippen LogP contribution in [0.5, 0.6) is 0 Å². The number of rotatable bonds is 7. The maximum Gasteiger partial charge on any atom is 0.338 e. The minimum Gasteiger partial charge on any atom is -0.452 e. The normalized spacial score (nSPS) is 10.7. The summed E-state index contributed by atoms with van der Waals surface area (Å²) in [7, 11) is 0. The van der Waals surface area contributed by atoms with E-state index in [1.807, 2.05) is 45.9 Å². The molecule has 6 nitrogen and oxygen atoms in total. The number of hydrogen-bond acceptors (Lipinski definition) is 4. The Balaban J connectivity index is 1.63. The quantitative estimate of drug-likeness (QED) is 0.522. The molecule has 0 saturated heterocycles. The number of carbonyl (C=O) groups excluding carboxylic acids is 2. The number of carbonyl (C=O) groups is 2. The van der Waals surface area contributed by atoms with Crippen LogP contribution >= 0.6 is 11.6 Å². The Hall–Kier alpha value is -3.12. The van der Waals surface area contributed by atoms with Crippen molar-refractivity contribution >= 4 is 29.2 Å². The van der Waals surface area contributed by atoms with Gasteiger partial charge in [0.1, 0.15) is 0 Å². The van der Waals surface area contributed by atoms with Gasteiger partial charge >= 0.3 is 5.97 Å². The second-order valence-corrected chi connectivity index (χ2v) is 7.60. The number of benzene rings is 2. The Morgan fingerprint density at radius 1 is 1.03 bits per heavy atom. The Labute approximate surface area is 187 Å². The average molecular weight is 440 g/mol. The molecule has 0 aliphatic heterocycles. The number of nitrogens with zero attached hydrogens (tertiary/aromatic N) is 2. The number of nitrogens with one attached hydrogen (secondary N) is 1. The van der Waals surface area contributed by atoms with Gasteiger partial charge in [-0.2, -0.15) is 5.10 Å². The molecule has 1 N–H and O–H groups in total. The lowest BCUT2D eigenvalue weighted by Gasteiger charge is -2.14. The topological polar surface area (TPSA) is 73.2 Å². The van der Waals surface area contributed by atoms with Crippen LogP contribution in [0.1, 0.15) is 46.7 Å². The molecule has 1 aromatic heterocycles.